The zero-order valence-corrected chi connectivity index (χ0v) is 16.3. The molecule has 2 aromatic carbocycles. The zero-order chi connectivity index (χ0) is 21.5. The number of anilines is 1. The summed E-state index contributed by atoms with van der Waals surface area (Å²) in [4.78, 5) is 49.7. The van der Waals surface area contributed by atoms with E-state index >= 15 is 0 Å². The molecule has 0 bridgehead atoms. The number of nitrogens with one attached hydrogen (secondary N) is 2. The third kappa shape index (κ3) is 5.13. The molecular formula is C21H21N3O6. The fraction of sp³-hybridized carbons (Fsp3) is 0.238. The average Bonchev–Trinajstić information content (AvgIpc) is 3.18. The molecule has 1 aliphatic heterocycles. The number of nitrogens with zero attached hydrogens (tertiary/aromatic N) is 1. The predicted molar refractivity (Wildman–Crippen MR) is 106 cm³/mol. The number of methoxy groups -OCH3 is 1. The van der Waals surface area contributed by atoms with Gasteiger partial charge < -0.3 is 14.4 Å². The van der Waals surface area contributed by atoms with Crippen molar-refractivity contribution in [2.45, 2.75) is 6.42 Å². The van der Waals surface area contributed by atoms with Crippen molar-refractivity contribution in [2.75, 3.05) is 25.2 Å². The normalized spacial score (nSPS) is 15.4. The number of carbonyl (C=O) groups excluding carboxylic acids is 4. The van der Waals surface area contributed by atoms with Gasteiger partial charge in [0, 0.05) is 30.3 Å². The van der Waals surface area contributed by atoms with Crippen LogP contribution < -0.4 is 20.5 Å². The Hall–Kier alpha value is -3.88. The molecule has 156 valence electrons. The van der Waals surface area contributed by atoms with Crippen molar-refractivity contribution in [3.63, 3.8) is 0 Å². The molecule has 1 saturated heterocycles. The van der Waals surface area contributed by atoms with Crippen LogP contribution in [-0.4, -0.2) is 44.0 Å². The molecule has 1 atom stereocenters. The number of hydrogen-bond acceptors (Lipinski definition) is 6. The summed E-state index contributed by atoms with van der Waals surface area (Å²) in [6, 6.07) is 15.3. The summed E-state index contributed by atoms with van der Waals surface area (Å²) in [7, 11) is 1.53. The molecule has 3 amide bonds. The molecule has 2 N–H and O–H groups in total. The van der Waals surface area contributed by atoms with Crippen LogP contribution in [0.5, 0.6) is 5.75 Å². The van der Waals surface area contributed by atoms with Crippen LogP contribution in [0, 0.1) is 5.92 Å². The first-order valence-electron chi connectivity index (χ1n) is 9.23. The van der Waals surface area contributed by atoms with Crippen molar-refractivity contribution >= 4 is 29.4 Å². The SMILES string of the molecule is COc1cccc(N2C[C@H](C(=O)OCC(=O)NNC(=O)c3ccccc3)CC2=O)c1. The molecule has 0 unspecified atom stereocenters. The molecule has 0 saturated carbocycles. The summed E-state index contributed by atoms with van der Waals surface area (Å²) >= 11 is 0. The van der Waals surface area contributed by atoms with Crippen molar-refractivity contribution in [1.82, 2.24) is 10.9 Å². The molecular weight excluding hydrogens is 390 g/mol. The topological polar surface area (TPSA) is 114 Å². The van der Waals surface area contributed by atoms with E-state index in [9.17, 15) is 19.2 Å². The van der Waals surface area contributed by atoms with E-state index in [0.29, 0.717) is 17.0 Å². The second-order valence-corrected chi connectivity index (χ2v) is 6.58. The first-order chi connectivity index (χ1) is 14.5. The fourth-order valence-electron chi connectivity index (χ4n) is 2.97. The smallest absolute Gasteiger partial charge is 0.311 e. The van der Waals surface area contributed by atoms with Gasteiger partial charge in [-0.25, -0.2) is 0 Å². The van der Waals surface area contributed by atoms with Crippen LogP contribution in [-0.2, 0) is 19.1 Å². The predicted octanol–water partition coefficient (Wildman–Crippen LogP) is 1.05. The molecule has 0 spiro atoms. The average molecular weight is 411 g/mol. The Morgan fingerprint density at radius 3 is 2.57 bits per heavy atom. The van der Waals surface area contributed by atoms with Gasteiger partial charge in [-0.2, -0.15) is 0 Å². The number of amides is 3. The zero-order valence-electron chi connectivity index (χ0n) is 16.3. The first kappa shape index (κ1) is 20.8. The van der Waals surface area contributed by atoms with Gasteiger partial charge in [0.15, 0.2) is 6.61 Å². The molecule has 1 aliphatic rings. The van der Waals surface area contributed by atoms with Crippen molar-refractivity contribution in [1.29, 1.82) is 0 Å². The third-order valence-electron chi connectivity index (χ3n) is 4.52. The Labute approximate surface area is 172 Å². The Morgan fingerprint density at radius 2 is 1.83 bits per heavy atom. The van der Waals surface area contributed by atoms with Crippen LogP contribution in [0.3, 0.4) is 0 Å². The standard InChI is InChI=1S/C21H21N3O6/c1-29-17-9-5-8-16(11-17)24-12-15(10-19(24)26)21(28)30-13-18(25)22-23-20(27)14-6-3-2-4-7-14/h2-9,11,15H,10,12-13H2,1H3,(H,22,25)(H,23,27)/t15-/m1/s1. The summed E-state index contributed by atoms with van der Waals surface area (Å²) in [6.07, 6.45) is -0.0115. The largest absolute Gasteiger partial charge is 0.497 e. The second-order valence-electron chi connectivity index (χ2n) is 6.58. The minimum Gasteiger partial charge on any atom is -0.497 e. The van der Waals surface area contributed by atoms with E-state index in [4.69, 9.17) is 9.47 Å². The van der Waals surface area contributed by atoms with Crippen molar-refractivity contribution < 1.29 is 28.7 Å². The number of ether oxygens (including phenoxy) is 2. The van der Waals surface area contributed by atoms with Gasteiger partial charge in [-0.1, -0.05) is 24.3 Å². The van der Waals surface area contributed by atoms with Crippen LogP contribution in [0.2, 0.25) is 0 Å². The Bertz CT molecular complexity index is 947. The molecule has 0 radical (unpaired) electrons. The maximum absolute atomic E-state index is 12.3. The van der Waals surface area contributed by atoms with E-state index in [1.54, 1.807) is 54.6 Å². The first-order valence-corrected chi connectivity index (χ1v) is 9.23. The van der Waals surface area contributed by atoms with Gasteiger partial charge in [-0.05, 0) is 24.3 Å². The molecule has 3 rings (SSSR count). The quantitative estimate of drug-likeness (QED) is 0.543. The van der Waals surface area contributed by atoms with E-state index in [1.165, 1.54) is 12.0 Å². The lowest BCUT2D eigenvalue weighted by molar-refractivity contribution is -0.152. The van der Waals surface area contributed by atoms with Crippen LogP contribution in [0.1, 0.15) is 16.8 Å². The van der Waals surface area contributed by atoms with Crippen LogP contribution in [0.25, 0.3) is 0 Å². The molecule has 0 aliphatic carbocycles. The lowest BCUT2D eigenvalue weighted by atomic mass is 10.1. The lowest BCUT2D eigenvalue weighted by Gasteiger charge is -2.17. The Balaban J connectivity index is 1.46. The van der Waals surface area contributed by atoms with Gasteiger partial charge in [-0.3, -0.25) is 30.0 Å². The Kier molecular flexibility index (Phi) is 6.63. The highest BCUT2D eigenvalue weighted by molar-refractivity contribution is 6.00. The van der Waals surface area contributed by atoms with Crippen LogP contribution in [0.15, 0.2) is 54.6 Å². The van der Waals surface area contributed by atoms with Crippen molar-refractivity contribution in [3.05, 3.63) is 60.2 Å². The molecule has 9 nitrogen and oxygen atoms in total. The van der Waals surface area contributed by atoms with Crippen LogP contribution in [0.4, 0.5) is 5.69 Å². The van der Waals surface area contributed by atoms with Gasteiger partial charge in [0.2, 0.25) is 5.91 Å². The highest BCUT2D eigenvalue weighted by atomic mass is 16.5. The van der Waals surface area contributed by atoms with Gasteiger partial charge >= 0.3 is 5.97 Å². The minimum absolute atomic E-state index is 0.0115. The maximum Gasteiger partial charge on any atom is 0.311 e. The molecule has 1 fully saturated rings. The number of rotatable bonds is 6. The van der Waals surface area contributed by atoms with E-state index < -0.39 is 30.3 Å². The molecule has 0 aromatic heterocycles. The number of carbonyl (C=O) groups is 4. The third-order valence-corrected chi connectivity index (χ3v) is 4.52. The maximum atomic E-state index is 12.3. The number of esters is 1. The van der Waals surface area contributed by atoms with Gasteiger partial charge in [-0.15, -0.1) is 0 Å². The summed E-state index contributed by atoms with van der Waals surface area (Å²) in [5.74, 6) is -2.15. The summed E-state index contributed by atoms with van der Waals surface area (Å²) in [5, 5.41) is 0. The number of hydrazine groups is 1. The van der Waals surface area contributed by atoms with E-state index in [-0.39, 0.29) is 18.9 Å². The highest BCUT2D eigenvalue weighted by Gasteiger charge is 2.36. The summed E-state index contributed by atoms with van der Waals surface area (Å²) < 4.78 is 10.2. The summed E-state index contributed by atoms with van der Waals surface area (Å²) in [5.41, 5.74) is 5.40. The van der Waals surface area contributed by atoms with Gasteiger partial charge in [0.25, 0.3) is 11.8 Å². The molecule has 1 heterocycles. The lowest BCUT2D eigenvalue weighted by Crippen LogP contribution is -2.43. The van der Waals surface area contributed by atoms with Crippen molar-refractivity contribution in [2.24, 2.45) is 5.92 Å². The monoisotopic (exact) mass is 411 g/mol. The van der Waals surface area contributed by atoms with E-state index in [0.717, 1.165) is 0 Å². The molecule has 30 heavy (non-hydrogen) atoms. The highest BCUT2D eigenvalue weighted by Crippen LogP contribution is 2.28. The van der Waals surface area contributed by atoms with E-state index in [2.05, 4.69) is 10.9 Å². The number of benzene rings is 2. The van der Waals surface area contributed by atoms with Crippen molar-refractivity contribution in [3.8, 4) is 5.75 Å². The van der Waals surface area contributed by atoms with E-state index in [1.807, 2.05) is 0 Å². The van der Waals surface area contributed by atoms with Gasteiger partial charge in [0.05, 0.1) is 13.0 Å². The second kappa shape index (κ2) is 9.55. The van der Waals surface area contributed by atoms with Gasteiger partial charge in [0.1, 0.15) is 5.75 Å². The number of hydrogen-bond donors (Lipinski definition) is 2. The molecule has 9 heteroatoms. The fourth-order valence-corrected chi connectivity index (χ4v) is 2.97. The molecule has 2 aromatic rings. The minimum atomic E-state index is -0.693. The van der Waals surface area contributed by atoms with Crippen LogP contribution >= 0.6 is 0 Å². The Morgan fingerprint density at radius 1 is 1.07 bits per heavy atom. The summed E-state index contributed by atoms with van der Waals surface area (Å²) in [6.45, 7) is -0.422.